The molecule has 0 aliphatic heterocycles. The average molecular weight is 339 g/mol. The number of carbonyl (C=O) groups is 1. The summed E-state index contributed by atoms with van der Waals surface area (Å²) in [5, 5.41) is 9.25. The van der Waals surface area contributed by atoms with Crippen molar-refractivity contribution in [2.45, 2.75) is 31.7 Å². The van der Waals surface area contributed by atoms with Crippen LogP contribution >= 0.6 is 0 Å². The van der Waals surface area contributed by atoms with E-state index in [2.05, 4.69) is 11.8 Å². The second-order valence-electron chi connectivity index (χ2n) is 5.24. The van der Waals surface area contributed by atoms with Gasteiger partial charge in [-0.1, -0.05) is 19.8 Å². The Hall–Kier alpha value is -2.04. The molecule has 0 bridgehead atoms. The van der Waals surface area contributed by atoms with Gasteiger partial charge in [0, 0.05) is 7.05 Å². The first kappa shape index (κ1) is 19.0. The van der Waals surface area contributed by atoms with Gasteiger partial charge in [0.25, 0.3) is 0 Å². The number of rotatable bonds is 7. The second-order valence-corrected chi connectivity index (χ2v) is 7.23. The standard InChI is InChI=1S/C16H21NO5S/c1-5-6-11-22-13-7-9-14(10-8-13)23(20,21)17(4)15(12(2)3)16(18)19/h7-10,12,15H,11H2,1-4H3,(H,18,19). The molecule has 1 aromatic carbocycles. The molecule has 1 rings (SSSR count). The molecule has 23 heavy (non-hydrogen) atoms. The van der Waals surface area contributed by atoms with Crippen LogP contribution in [0.25, 0.3) is 0 Å². The lowest BCUT2D eigenvalue weighted by atomic mass is 10.1. The Morgan fingerprint density at radius 2 is 1.87 bits per heavy atom. The van der Waals surface area contributed by atoms with E-state index in [1.165, 1.54) is 31.3 Å². The maximum absolute atomic E-state index is 12.6. The predicted octanol–water partition coefficient (Wildman–Crippen LogP) is 1.82. The number of nitrogens with zero attached hydrogens (tertiary/aromatic N) is 1. The van der Waals surface area contributed by atoms with Gasteiger partial charge < -0.3 is 9.84 Å². The van der Waals surface area contributed by atoms with E-state index in [1.807, 2.05) is 0 Å². The Bertz CT molecular complexity index is 698. The minimum atomic E-state index is -3.90. The van der Waals surface area contributed by atoms with E-state index < -0.39 is 22.0 Å². The highest BCUT2D eigenvalue weighted by Crippen LogP contribution is 2.22. The van der Waals surface area contributed by atoms with E-state index in [0.29, 0.717) is 5.75 Å². The van der Waals surface area contributed by atoms with Crippen LogP contribution in [0.2, 0.25) is 0 Å². The van der Waals surface area contributed by atoms with Crippen LogP contribution in [0.3, 0.4) is 0 Å². The smallest absolute Gasteiger partial charge is 0.322 e. The van der Waals surface area contributed by atoms with E-state index in [0.717, 1.165) is 4.31 Å². The lowest BCUT2D eigenvalue weighted by molar-refractivity contribution is -0.142. The molecular formula is C16H21NO5S. The number of likely N-dealkylation sites (N-methyl/N-ethyl adjacent to an activating group) is 1. The summed E-state index contributed by atoms with van der Waals surface area (Å²) in [6.45, 7) is 5.24. The Kier molecular flexibility index (Phi) is 6.61. The molecule has 1 N–H and O–H groups in total. The third-order valence-electron chi connectivity index (χ3n) is 3.26. The van der Waals surface area contributed by atoms with Gasteiger partial charge in [-0.05, 0) is 37.1 Å². The molecule has 7 heteroatoms. The van der Waals surface area contributed by atoms with Crippen LogP contribution in [0.4, 0.5) is 0 Å². The molecule has 0 heterocycles. The molecule has 1 aromatic rings. The fourth-order valence-electron chi connectivity index (χ4n) is 2.08. The Morgan fingerprint density at radius 1 is 1.30 bits per heavy atom. The second kappa shape index (κ2) is 7.99. The number of sulfonamides is 1. The van der Waals surface area contributed by atoms with Crippen molar-refractivity contribution in [1.29, 1.82) is 0 Å². The number of carboxylic acids is 1. The molecular weight excluding hydrogens is 318 g/mol. The van der Waals surface area contributed by atoms with Crippen molar-refractivity contribution in [2.75, 3.05) is 13.7 Å². The van der Waals surface area contributed by atoms with Crippen molar-refractivity contribution in [1.82, 2.24) is 4.31 Å². The van der Waals surface area contributed by atoms with Gasteiger partial charge in [-0.2, -0.15) is 4.31 Å². The minimum Gasteiger partial charge on any atom is -0.481 e. The zero-order chi connectivity index (χ0) is 17.6. The highest BCUT2D eigenvalue weighted by Gasteiger charge is 2.34. The number of hydrogen-bond acceptors (Lipinski definition) is 4. The molecule has 0 amide bonds. The first-order valence-electron chi connectivity index (χ1n) is 7.05. The first-order chi connectivity index (χ1) is 10.7. The number of hydrogen-bond donors (Lipinski definition) is 1. The summed E-state index contributed by atoms with van der Waals surface area (Å²) in [6.07, 6.45) is 0. The van der Waals surface area contributed by atoms with Crippen molar-refractivity contribution in [3.63, 3.8) is 0 Å². The topological polar surface area (TPSA) is 83.9 Å². The van der Waals surface area contributed by atoms with Crippen LogP contribution in [0.15, 0.2) is 29.2 Å². The third-order valence-corrected chi connectivity index (χ3v) is 5.12. The first-order valence-corrected chi connectivity index (χ1v) is 8.49. The SMILES string of the molecule is CC#CCOc1ccc(S(=O)(=O)N(C)C(C(=O)O)C(C)C)cc1. The molecule has 1 unspecified atom stereocenters. The normalized spacial score (nSPS) is 12.6. The van der Waals surface area contributed by atoms with Gasteiger partial charge in [0.1, 0.15) is 18.4 Å². The molecule has 1 atom stereocenters. The van der Waals surface area contributed by atoms with Crippen LogP contribution in [-0.4, -0.2) is 43.5 Å². The molecule has 0 fully saturated rings. The molecule has 6 nitrogen and oxygen atoms in total. The van der Waals surface area contributed by atoms with Crippen LogP contribution in [-0.2, 0) is 14.8 Å². The lowest BCUT2D eigenvalue weighted by Crippen LogP contribution is -2.45. The van der Waals surface area contributed by atoms with Crippen molar-refractivity contribution in [2.24, 2.45) is 5.92 Å². The van der Waals surface area contributed by atoms with Crippen molar-refractivity contribution < 1.29 is 23.1 Å². The number of benzene rings is 1. The van der Waals surface area contributed by atoms with Gasteiger partial charge in [0.05, 0.1) is 4.90 Å². The maximum Gasteiger partial charge on any atom is 0.322 e. The molecule has 0 aromatic heterocycles. The number of carboxylic acid groups (broad SMARTS) is 1. The summed E-state index contributed by atoms with van der Waals surface area (Å²) in [5.41, 5.74) is 0. The van der Waals surface area contributed by atoms with Gasteiger partial charge in [0.15, 0.2) is 0 Å². The Labute approximate surface area is 137 Å². The summed E-state index contributed by atoms with van der Waals surface area (Å²) < 4.78 is 31.3. The molecule has 0 spiro atoms. The third kappa shape index (κ3) is 4.71. The van der Waals surface area contributed by atoms with E-state index in [-0.39, 0.29) is 17.4 Å². The molecule has 0 saturated carbocycles. The van der Waals surface area contributed by atoms with Crippen LogP contribution in [0, 0.1) is 17.8 Å². The zero-order valence-corrected chi connectivity index (χ0v) is 14.4. The summed E-state index contributed by atoms with van der Waals surface area (Å²) in [4.78, 5) is 11.3. The van der Waals surface area contributed by atoms with Crippen molar-refractivity contribution >= 4 is 16.0 Å². The average Bonchev–Trinajstić information content (AvgIpc) is 2.47. The van der Waals surface area contributed by atoms with E-state index in [4.69, 9.17) is 4.74 Å². The van der Waals surface area contributed by atoms with Gasteiger partial charge in [-0.3, -0.25) is 4.79 Å². The molecule has 126 valence electrons. The summed E-state index contributed by atoms with van der Waals surface area (Å²) in [7, 11) is -2.63. The fourth-order valence-corrected chi connectivity index (χ4v) is 3.52. The minimum absolute atomic E-state index is 0.0147. The quantitative estimate of drug-likeness (QED) is 0.766. The monoisotopic (exact) mass is 339 g/mol. The van der Waals surface area contributed by atoms with Gasteiger partial charge in [-0.15, -0.1) is 5.92 Å². The molecule has 0 radical (unpaired) electrons. The van der Waals surface area contributed by atoms with E-state index >= 15 is 0 Å². The van der Waals surface area contributed by atoms with Gasteiger partial charge in [0.2, 0.25) is 10.0 Å². The van der Waals surface area contributed by atoms with Crippen molar-refractivity contribution in [3.05, 3.63) is 24.3 Å². The lowest BCUT2D eigenvalue weighted by Gasteiger charge is -2.27. The Morgan fingerprint density at radius 3 is 2.30 bits per heavy atom. The molecule has 0 aliphatic carbocycles. The summed E-state index contributed by atoms with van der Waals surface area (Å²) in [5.74, 6) is 4.38. The molecule has 0 saturated heterocycles. The number of aliphatic carboxylic acids is 1. The van der Waals surface area contributed by atoms with Gasteiger partial charge >= 0.3 is 5.97 Å². The van der Waals surface area contributed by atoms with Crippen LogP contribution < -0.4 is 4.74 Å². The molecule has 0 aliphatic rings. The highest BCUT2D eigenvalue weighted by atomic mass is 32.2. The highest BCUT2D eigenvalue weighted by molar-refractivity contribution is 7.89. The summed E-state index contributed by atoms with van der Waals surface area (Å²) >= 11 is 0. The Balaban J connectivity index is 3.02. The maximum atomic E-state index is 12.6. The van der Waals surface area contributed by atoms with Crippen molar-refractivity contribution in [3.8, 4) is 17.6 Å². The van der Waals surface area contributed by atoms with Crippen LogP contribution in [0.1, 0.15) is 20.8 Å². The summed E-state index contributed by atoms with van der Waals surface area (Å²) in [6, 6.07) is 4.68. The number of ether oxygens (including phenoxy) is 1. The largest absolute Gasteiger partial charge is 0.481 e. The van der Waals surface area contributed by atoms with Gasteiger partial charge in [-0.25, -0.2) is 8.42 Å². The predicted molar refractivity (Wildman–Crippen MR) is 86.6 cm³/mol. The van der Waals surface area contributed by atoms with E-state index in [1.54, 1.807) is 20.8 Å². The van der Waals surface area contributed by atoms with E-state index in [9.17, 15) is 18.3 Å². The fraction of sp³-hybridized carbons (Fsp3) is 0.438. The van der Waals surface area contributed by atoms with Crippen LogP contribution in [0.5, 0.6) is 5.75 Å². The zero-order valence-electron chi connectivity index (χ0n) is 13.6.